The maximum absolute atomic E-state index is 13.9. The molecule has 5 heteroatoms. The summed E-state index contributed by atoms with van der Waals surface area (Å²) < 4.78 is 19.4. The van der Waals surface area contributed by atoms with Gasteiger partial charge >= 0.3 is 0 Å². The molecule has 0 saturated carbocycles. The summed E-state index contributed by atoms with van der Waals surface area (Å²) in [6.45, 7) is 3.68. The molecule has 0 bridgehead atoms. The zero-order chi connectivity index (χ0) is 13.1. The normalized spacial score (nSPS) is 10.4. The third kappa shape index (κ3) is 2.40. The quantitative estimate of drug-likeness (QED) is 0.847. The molecule has 0 spiro atoms. The van der Waals surface area contributed by atoms with Gasteiger partial charge in [-0.1, -0.05) is 13.0 Å². The second-order valence-electron chi connectivity index (χ2n) is 3.92. The Morgan fingerprint density at radius 2 is 2.11 bits per heavy atom. The SMILES string of the molecule is CCc1ncnc(Oc2cc(N)ccc2C)c1F. The molecule has 2 N–H and O–H groups in total. The highest BCUT2D eigenvalue weighted by Crippen LogP contribution is 2.27. The van der Waals surface area contributed by atoms with Gasteiger partial charge in [-0.3, -0.25) is 0 Å². The maximum Gasteiger partial charge on any atom is 0.259 e. The number of aryl methyl sites for hydroxylation is 2. The molecule has 0 radical (unpaired) electrons. The number of anilines is 1. The van der Waals surface area contributed by atoms with Crippen LogP contribution in [0.1, 0.15) is 18.2 Å². The molecule has 1 aromatic carbocycles. The highest BCUT2D eigenvalue weighted by atomic mass is 19.1. The van der Waals surface area contributed by atoms with E-state index in [-0.39, 0.29) is 5.88 Å². The molecule has 18 heavy (non-hydrogen) atoms. The van der Waals surface area contributed by atoms with Gasteiger partial charge in [-0.05, 0) is 25.0 Å². The molecule has 0 aliphatic rings. The van der Waals surface area contributed by atoms with Gasteiger partial charge in [0, 0.05) is 11.8 Å². The van der Waals surface area contributed by atoms with Crippen LogP contribution in [-0.4, -0.2) is 9.97 Å². The molecule has 1 heterocycles. The number of hydrogen-bond donors (Lipinski definition) is 1. The number of nitrogens with zero attached hydrogens (tertiary/aromatic N) is 2. The van der Waals surface area contributed by atoms with E-state index >= 15 is 0 Å². The molecule has 0 aliphatic heterocycles. The lowest BCUT2D eigenvalue weighted by molar-refractivity contribution is 0.413. The fourth-order valence-corrected chi connectivity index (χ4v) is 1.54. The highest BCUT2D eigenvalue weighted by molar-refractivity contribution is 5.49. The Balaban J connectivity index is 2.37. The van der Waals surface area contributed by atoms with Crippen molar-refractivity contribution in [2.75, 3.05) is 5.73 Å². The highest BCUT2D eigenvalue weighted by Gasteiger charge is 2.12. The first-order chi connectivity index (χ1) is 8.61. The molecule has 0 saturated heterocycles. The van der Waals surface area contributed by atoms with E-state index in [1.54, 1.807) is 12.1 Å². The third-order valence-electron chi connectivity index (χ3n) is 2.58. The molecule has 2 aromatic rings. The standard InChI is InChI=1S/C13H14FN3O/c1-3-10-12(14)13(17-7-16-10)18-11-6-9(15)5-4-8(11)2/h4-7H,3,15H2,1-2H3. The van der Waals surface area contributed by atoms with Crippen molar-refractivity contribution in [3.63, 3.8) is 0 Å². The summed E-state index contributed by atoms with van der Waals surface area (Å²) in [5, 5.41) is 0. The number of rotatable bonds is 3. The van der Waals surface area contributed by atoms with Crippen molar-refractivity contribution in [3.05, 3.63) is 41.6 Å². The minimum atomic E-state index is -0.526. The van der Waals surface area contributed by atoms with Crippen molar-refractivity contribution in [3.8, 4) is 11.6 Å². The fourth-order valence-electron chi connectivity index (χ4n) is 1.54. The number of benzene rings is 1. The minimum Gasteiger partial charge on any atom is -0.436 e. The number of ether oxygens (including phenoxy) is 1. The topological polar surface area (TPSA) is 61.0 Å². The van der Waals surface area contributed by atoms with Gasteiger partial charge in [-0.2, -0.15) is 9.37 Å². The maximum atomic E-state index is 13.9. The Hall–Kier alpha value is -2.17. The molecule has 2 rings (SSSR count). The first-order valence-electron chi connectivity index (χ1n) is 5.65. The van der Waals surface area contributed by atoms with Crippen molar-refractivity contribution in [1.29, 1.82) is 0 Å². The number of halogens is 1. The van der Waals surface area contributed by atoms with Crippen LogP contribution < -0.4 is 10.5 Å². The average molecular weight is 247 g/mol. The Labute approximate surface area is 105 Å². The summed E-state index contributed by atoms with van der Waals surface area (Å²) in [4.78, 5) is 7.65. The first kappa shape index (κ1) is 12.3. The molecule has 1 aromatic heterocycles. The number of nitrogen functional groups attached to an aromatic ring is 1. The predicted octanol–water partition coefficient (Wildman–Crippen LogP) is 2.86. The van der Waals surface area contributed by atoms with Crippen molar-refractivity contribution in [2.24, 2.45) is 0 Å². The summed E-state index contributed by atoms with van der Waals surface area (Å²) >= 11 is 0. The van der Waals surface area contributed by atoms with Crippen LogP contribution in [0.5, 0.6) is 11.6 Å². The lowest BCUT2D eigenvalue weighted by Gasteiger charge is -2.10. The monoisotopic (exact) mass is 247 g/mol. The van der Waals surface area contributed by atoms with Gasteiger partial charge in [0.15, 0.2) is 0 Å². The van der Waals surface area contributed by atoms with E-state index in [9.17, 15) is 4.39 Å². The predicted molar refractivity (Wildman–Crippen MR) is 67.0 cm³/mol. The second kappa shape index (κ2) is 5.00. The van der Waals surface area contributed by atoms with Gasteiger partial charge in [0.2, 0.25) is 5.82 Å². The number of aromatic nitrogens is 2. The molecular formula is C13H14FN3O. The Morgan fingerprint density at radius 3 is 2.83 bits per heavy atom. The molecule has 0 amide bonds. The fraction of sp³-hybridized carbons (Fsp3) is 0.231. The van der Waals surface area contributed by atoms with Gasteiger partial charge in [-0.25, -0.2) is 4.98 Å². The van der Waals surface area contributed by atoms with Gasteiger partial charge < -0.3 is 10.5 Å². The van der Waals surface area contributed by atoms with Gasteiger partial charge in [-0.15, -0.1) is 0 Å². The van der Waals surface area contributed by atoms with Crippen LogP contribution in [0.4, 0.5) is 10.1 Å². The summed E-state index contributed by atoms with van der Waals surface area (Å²) in [6.07, 6.45) is 1.78. The van der Waals surface area contributed by atoms with Crippen LogP contribution in [0.15, 0.2) is 24.5 Å². The van der Waals surface area contributed by atoms with Gasteiger partial charge in [0.25, 0.3) is 5.88 Å². The molecule has 0 atom stereocenters. The largest absolute Gasteiger partial charge is 0.436 e. The van der Waals surface area contributed by atoms with E-state index < -0.39 is 5.82 Å². The van der Waals surface area contributed by atoms with Crippen LogP contribution in [-0.2, 0) is 6.42 Å². The van der Waals surface area contributed by atoms with Crippen LogP contribution in [0.3, 0.4) is 0 Å². The van der Waals surface area contributed by atoms with E-state index in [0.717, 1.165) is 5.56 Å². The zero-order valence-corrected chi connectivity index (χ0v) is 10.3. The van der Waals surface area contributed by atoms with Crippen LogP contribution in [0.25, 0.3) is 0 Å². The summed E-state index contributed by atoms with van der Waals surface area (Å²) in [7, 11) is 0. The number of nitrogens with two attached hydrogens (primary N) is 1. The molecule has 0 unspecified atom stereocenters. The summed E-state index contributed by atoms with van der Waals surface area (Å²) in [5.74, 6) is -0.105. The van der Waals surface area contributed by atoms with E-state index in [2.05, 4.69) is 9.97 Å². The lowest BCUT2D eigenvalue weighted by Crippen LogP contribution is -2.00. The van der Waals surface area contributed by atoms with Crippen LogP contribution >= 0.6 is 0 Å². The molecule has 4 nitrogen and oxygen atoms in total. The van der Waals surface area contributed by atoms with E-state index in [4.69, 9.17) is 10.5 Å². The molecule has 0 aliphatic carbocycles. The van der Waals surface area contributed by atoms with Gasteiger partial charge in [0.1, 0.15) is 12.1 Å². The third-order valence-corrected chi connectivity index (χ3v) is 2.58. The lowest BCUT2D eigenvalue weighted by atomic mass is 10.2. The van der Waals surface area contributed by atoms with Crippen molar-refractivity contribution < 1.29 is 9.13 Å². The molecule has 94 valence electrons. The van der Waals surface area contributed by atoms with E-state index in [0.29, 0.717) is 23.6 Å². The van der Waals surface area contributed by atoms with Crippen molar-refractivity contribution in [2.45, 2.75) is 20.3 Å². The van der Waals surface area contributed by atoms with Crippen LogP contribution in [0.2, 0.25) is 0 Å². The Kier molecular flexibility index (Phi) is 3.41. The van der Waals surface area contributed by atoms with Crippen molar-refractivity contribution >= 4 is 5.69 Å². The van der Waals surface area contributed by atoms with Gasteiger partial charge in [0.05, 0.1) is 5.69 Å². The second-order valence-corrected chi connectivity index (χ2v) is 3.92. The smallest absolute Gasteiger partial charge is 0.259 e. The van der Waals surface area contributed by atoms with E-state index in [1.165, 1.54) is 6.33 Å². The zero-order valence-electron chi connectivity index (χ0n) is 10.3. The number of hydrogen-bond acceptors (Lipinski definition) is 4. The summed E-state index contributed by atoms with van der Waals surface area (Å²) in [5.41, 5.74) is 7.42. The Bertz CT molecular complexity index is 572. The minimum absolute atomic E-state index is 0.0736. The molecule has 0 fully saturated rings. The Morgan fingerprint density at radius 1 is 1.33 bits per heavy atom. The van der Waals surface area contributed by atoms with Crippen LogP contribution in [0, 0.1) is 12.7 Å². The first-order valence-corrected chi connectivity index (χ1v) is 5.65. The average Bonchev–Trinajstić information content (AvgIpc) is 2.36. The summed E-state index contributed by atoms with van der Waals surface area (Å²) in [6, 6.07) is 5.21. The van der Waals surface area contributed by atoms with Crippen molar-refractivity contribution in [1.82, 2.24) is 9.97 Å². The molecular weight excluding hydrogens is 233 g/mol. The van der Waals surface area contributed by atoms with E-state index in [1.807, 2.05) is 19.9 Å².